The number of allylic oxidation sites excluding steroid dienone is 12. The van der Waals surface area contributed by atoms with Crippen LogP contribution < -0.4 is 0 Å². The molecule has 2 nitrogen and oxygen atoms in total. The van der Waals surface area contributed by atoms with Crippen LogP contribution >= 0.6 is 0 Å². The Kier molecular flexibility index (Phi) is 3.55. The van der Waals surface area contributed by atoms with Gasteiger partial charge in [-0.05, 0) is 170 Å². The topological polar surface area (TPSA) is 26.3 Å². The number of hydrogen-bond acceptors (Lipinski definition) is 2. The molecule has 0 radical (unpaired) electrons. The number of benzene rings is 5. The molecule has 0 fully saturated rings. The van der Waals surface area contributed by atoms with E-state index in [0.717, 1.165) is 38.5 Å². The van der Waals surface area contributed by atoms with Crippen molar-refractivity contribution in [1.29, 1.82) is 0 Å². The van der Waals surface area contributed by atoms with Gasteiger partial charge in [-0.1, -0.05) is 73.2 Å². The van der Waals surface area contributed by atoms with Crippen molar-refractivity contribution in [3.63, 3.8) is 0 Å². The predicted molar refractivity (Wildman–Crippen MR) is 211 cm³/mol. The highest BCUT2D eigenvalue weighted by Crippen LogP contribution is 2.79. The summed E-state index contributed by atoms with van der Waals surface area (Å²) in [5.41, 5.74) is 30.5. The number of carbonyl (C=O) groups is 1. The van der Waals surface area contributed by atoms with Crippen molar-refractivity contribution in [3.05, 3.63) is 139 Å². The van der Waals surface area contributed by atoms with E-state index in [1.807, 2.05) is 0 Å². The lowest BCUT2D eigenvalue weighted by molar-refractivity contribution is -0.140. The van der Waals surface area contributed by atoms with Gasteiger partial charge in [0.25, 0.3) is 0 Å². The molecule has 12 aliphatic carbocycles. The van der Waals surface area contributed by atoms with E-state index in [4.69, 9.17) is 4.74 Å². The molecule has 5 aromatic carbocycles. The Morgan fingerprint density at radius 2 is 1.08 bits per heavy atom. The summed E-state index contributed by atoms with van der Waals surface area (Å²) in [7, 11) is 1.54. The summed E-state index contributed by atoms with van der Waals surface area (Å²) in [6, 6.07) is 11.6. The molecular weight excluding hydrogens is 645 g/mol. The quantitative estimate of drug-likeness (QED) is 0.102. The van der Waals surface area contributed by atoms with Crippen molar-refractivity contribution in [3.8, 4) is 0 Å². The van der Waals surface area contributed by atoms with E-state index < -0.39 is 0 Å². The molecule has 0 saturated heterocycles. The average molecular weight is 677 g/mol. The summed E-state index contributed by atoms with van der Waals surface area (Å²) in [6.07, 6.45) is 23.1. The zero-order chi connectivity index (χ0) is 33.8. The van der Waals surface area contributed by atoms with Crippen LogP contribution in [0.3, 0.4) is 0 Å². The van der Waals surface area contributed by atoms with Gasteiger partial charge in [-0.2, -0.15) is 0 Å². The van der Waals surface area contributed by atoms with Crippen LogP contribution in [-0.4, -0.2) is 13.1 Å². The molecular formula is C51H32O2. The van der Waals surface area contributed by atoms with E-state index in [0.29, 0.717) is 30.1 Å². The fraction of sp³-hybridized carbons (Fsp3) is 0.275. The molecule has 0 spiro atoms. The van der Waals surface area contributed by atoms with E-state index in [2.05, 4.69) is 66.8 Å². The Morgan fingerprint density at radius 3 is 1.58 bits per heavy atom. The Morgan fingerprint density at radius 1 is 0.604 bits per heavy atom. The molecule has 0 heterocycles. The molecule has 5 aromatic rings. The van der Waals surface area contributed by atoms with Crippen LogP contribution in [0.1, 0.15) is 129 Å². The van der Waals surface area contributed by atoms with Crippen LogP contribution in [0.2, 0.25) is 0 Å². The van der Waals surface area contributed by atoms with Gasteiger partial charge in [0.1, 0.15) is 0 Å². The number of rotatable bonds is 6. The van der Waals surface area contributed by atoms with Gasteiger partial charge in [-0.15, -0.1) is 0 Å². The predicted octanol–water partition coefficient (Wildman–Crippen LogP) is 11.1. The monoisotopic (exact) mass is 676 g/mol. The SMILES string of the molecule is COC(=O)CCCCC12c3c4c5c6c7c8c9c%10c%11c%12c8c8c%13c%14c(c1c8c37)C1=CC2(c2ccccc2)C=C4CC5=CC(C=C%10CC%11=CC(C=C%14C1)C%12%13)C96. The minimum Gasteiger partial charge on any atom is -0.469 e. The fourth-order valence-corrected chi connectivity index (χ4v) is 16.1. The Hall–Kier alpha value is -5.21. The molecule has 0 aromatic heterocycles. The highest BCUT2D eigenvalue weighted by atomic mass is 16.5. The minimum absolute atomic E-state index is 0.0879. The van der Waals surface area contributed by atoms with Crippen LogP contribution in [0.15, 0.2) is 66.8 Å². The maximum absolute atomic E-state index is 12.6. The van der Waals surface area contributed by atoms with Gasteiger partial charge in [-0.3, -0.25) is 4.79 Å². The number of hydrogen-bond donors (Lipinski definition) is 0. The summed E-state index contributed by atoms with van der Waals surface area (Å²) in [5, 5.41) is 9.96. The summed E-state index contributed by atoms with van der Waals surface area (Å²) < 4.78 is 5.18. The number of carbonyl (C=O) groups excluding carboxylic acids is 1. The molecule has 0 bridgehead atoms. The van der Waals surface area contributed by atoms with Gasteiger partial charge in [0.2, 0.25) is 0 Å². The third-order valence-corrected chi connectivity index (χ3v) is 17.1. The molecule has 12 aliphatic rings. The first-order valence-electron chi connectivity index (χ1n) is 20.3. The molecule has 0 saturated carbocycles. The molecule has 53 heavy (non-hydrogen) atoms. The van der Waals surface area contributed by atoms with Crippen LogP contribution in [0, 0.1) is 11.8 Å². The molecule has 0 N–H and O–H groups in total. The third-order valence-electron chi connectivity index (χ3n) is 17.1. The summed E-state index contributed by atoms with van der Waals surface area (Å²) in [4.78, 5) is 12.6. The average Bonchev–Trinajstić information content (AvgIpc) is 4.00. The second-order valence-corrected chi connectivity index (χ2v) is 18.6. The summed E-state index contributed by atoms with van der Waals surface area (Å²) in [6.45, 7) is 0. The maximum atomic E-state index is 12.6. The van der Waals surface area contributed by atoms with Crippen molar-refractivity contribution >= 4 is 71.7 Å². The largest absolute Gasteiger partial charge is 0.469 e. The number of unbranched alkanes of at least 4 members (excludes halogenated alkanes) is 1. The van der Waals surface area contributed by atoms with E-state index in [1.54, 1.807) is 133 Å². The minimum atomic E-state index is -0.304. The maximum Gasteiger partial charge on any atom is 0.305 e. The first-order valence-corrected chi connectivity index (χ1v) is 20.3. The Bertz CT molecular complexity index is 3030. The third kappa shape index (κ3) is 2.13. The fourth-order valence-electron chi connectivity index (χ4n) is 16.1. The highest BCUT2D eigenvalue weighted by molar-refractivity contribution is 6.39. The molecule has 248 valence electrons. The molecule has 0 aliphatic heterocycles. The van der Waals surface area contributed by atoms with E-state index in [1.165, 1.54) is 12.7 Å². The molecule has 17 rings (SSSR count). The van der Waals surface area contributed by atoms with Gasteiger partial charge >= 0.3 is 5.97 Å². The van der Waals surface area contributed by atoms with Crippen LogP contribution in [0.25, 0.3) is 65.8 Å². The number of methoxy groups -OCH3 is 1. The molecule has 4 atom stereocenters. The van der Waals surface area contributed by atoms with Crippen LogP contribution in [0.5, 0.6) is 0 Å². The lowest BCUT2D eigenvalue weighted by Crippen LogP contribution is -2.51. The molecule has 2 heteroatoms. The first-order chi connectivity index (χ1) is 26.1. The smallest absolute Gasteiger partial charge is 0.305 e. The summed E-state index contributed by atoms with van der Waals surface area (Å²) >= 11 is 0. The Balaban J connectivity index is 1.17. The zero-order valence-electron chi connectivity index (χ0n) is 29.4. The second-order valence-electron chi connectivity index (χ2n) is 18.6. The van der Waals surface area contributed by atoms with Gasteiger partial charge < -0.3 is 4.74 Å². The lowest BCUT2D eigenvalue weighted by Gasteiger charge is -2.54. The van der Waals surface area contributed by atoms with Crippen LogP contribution in [0.4, 0.5) is 0 Å². The second kappa shape index (κ2) is 7.32. The summed E-state index contributed by atoms with van der Waals surface area (Å²) in [5.74, 6) is 1.68. The van der Waals surface area contributed by atoms with Gasteiger partial charge in [0.15, 0.2) is 0 Å². The van der Waals surface area contributed by atoms with Gasteiger partial charge in [0, 0.05) is 40.9 Å². The standard InChI is InChI=1S/C51H32O2/c1-53-29(52)9-5-6-10-51-48-36-26-16-24-14-22-12-20-11-21-13-23-15-25-17-27(19-50(51,18-26)28-7-3-2-4-8-28)37-33(25)41-35(23)39-31(21)30(20)38-34(22)40(32(24)36)44-42(38)43(39)45(41)47(46(44)48)49(37)51/h2-4,7-8,12-15,18-19,22-23,34-35H,5-6,9-11,16-17H2,1H3. The normalized spacial score (nSPS) is 31.3. The van der Waals surface area contributed by atoms with Gasteiger partial charge in [-0.25, -0.2) is 0 Å². The van der Waals surface area contributed by atoms with Crippen LogP contribution in [-0.2, 0) is 20.4 Å². The molecule has 0 amide bonds. The van der Waals surface area contributed by atoms with Crippen molar-refractivity contribution in [1.82, 2.24) is 0 Å². The van der Waals surface area contributed by atoms with Crippen molar-refractivity contribution in [2.24, 2.45) is 11.8 Å². The number of esters is 1. The van der Waals surface area contributed by atoms with Gasteiger partial charge in [0.05, 0.1) is 7.11 Å². The zero-order valence-corrected chi connectivity index (χ0v) is 29.4. The van der Waals surface area contributed by atoms with Crippen molar-refractivity contribution in [2.75, 3.05) is 7.11 Å². The Labute approximate surface area is 305 Å². The lowest BCUT2D eigenvalue weighted by atomic mass is 9.47. The van der Waals surface area contributed by atoms with Crippen molar-refractivity contribution < 1.29 is 9.53 Å². The van der Waals surface area contributed by atoms with E-state index in [9.17, 15) is 4.79 Å². The first kappa shape index (κ1) is 25.7. The highest BCUT2D eigenvalue weighted by Gasteiger charge is 2.66. The van der Waals surface area contributed by atoms with E-state index >= 15 is 0 Å². The number of ether oxygens (including phenoxy) is 1. The van der Waals surface area contributed by atoms with E-state index in [-0.39, 0.29) is 16.8 Å². The molecule has 4 unspecified atom stereocenters. The van der Waals surface area contributed by atoms with Crippen molar-refractivity contribution in [2.45, 2.75) is 67.6 Å².